The van der Waals surface area contributed by atoms with Gasteiger partial charge in [-0.05, 0) is 56.1 Å². The number of fused-ring (bicyclic) bond motifs is 5. The molecule has 3 N–H and O–H groups in total. The van der Waals surface area contributed by atoms with Crippen molar-refractivity contribution in [3.05, 3.63) is 28.8 Å². The number of hydrogen-bond donors (Lipinski definition) is 2. The monoisotopic (exact) mass is 305 g/mol. The van der Waals surface area contributed by atoms with E-state index in [0.29, 0.717) is 5.92 Å². The molecule has 1 aromatic rings. The summed E-state index contributed by atoms with van der Waals surface area (Å²) < 4.78 is 0. The molecule has 4 atom stereocenters. The van der Waals surface area contributed by atoms with E-state index < -0.39 is 0 Å². The summed E-state index contributed by atoms with van der Waals surface area (Å²) in [5.74, 6) is 0.255. The van der Waals surface area contributed by atoms with Gasteiger partial charge >= 0.3 is 0 Å². The molecule has 0 bridgehead atoms. The Kier molecular flexibility index (Phi) is 3.12. The molecule has 0 radical (unpaired) electrons. The Labute approximate surface area is 129 Å². The molecule has 0 aromatic heterocycles. The van der Waals surface area contributed by atoms with E-state index in [0.717, 1.165) is 37.4 Å². The van der Waals surface area contributed by atoms with E-state index >= 15 is 0 Å². The van der Waals surface area contributed by atoms with Gasteiger partial charge in [-0.2, -0.15) is 0 Å². The van der Waals surface area contributed by atoms with Crippen molar-refractivity contribution in [2.24, 2.45) is 11.7 Å². The van der Waals surface area contributed by atoms with Crippen LogP contribution in [0, 0.1) is 5.92 Å². The SMILES string of the molecule is NC(=O)C1CCCN2CCC3c4cc(Cl)ccc4NC3C12. The van der Waals surface area contributed by atoms with Crippen LogP contribution in [0.15, 0.2) is 18.2 Å². The van der Waals surface area contributed by atoms with Crippen LogP contribution in [0.25, 0.3) is 0 Å². The molecule has 4 rings (SSSR count). The molecule has 3 aliphatic heterocycles. The molecular formula is C16H20ClN3O. The first-order valence-corrected chi connectivity index (χ1v) is 8.12. The maximum absolute atomic E-state index is 11.9. The number of anilines is 1. The lowest BCUT2D eigenvalue weighted by atomic mass is 9.75. The van der Waals surface area contributed by atoms with Gasteiger partial charge in [-0.3, -0.25) is 9.69 Å². The molecule has 1 aromatic carbocycles. The maximum Gasteiger partial charge on any atom is 0.222 e. The standard InChI is InChI=1S/C16H20ClN3O/c17-9-3-4-13-12(8-9)10-5-7-20-6-1-2-11(16(18)21)15(20)14(10)19-13/h3-4,8,10-11,14-15,19H,1-2,5-7H2,(H2,18,21). The minimum absolute atomic E-state index is 0.0381. The number of halogens is 1. The highest BCUT2D eigenvalue weighted by molar-refractivity contribution is 6.30. The van der Waals surface area contributed by atoms with E-state index in [1.54, 1.807) is 0 Å². The predicted molar refractivity (Wildman–Crippen MR) is 83.5 cm³/mol. The van der Waals surface area contributed by atoms with E-state index in [1.807, 2.05) is 6.07 Å². The number of amides is 1. The molecule has 4 unspecified atom stereocenters. The van der Waals surface area contributed by atoms with E-state index in [4.69, 9.17) is 17.3 Å². The minimum Gasteiger partial charge on any atom is -0.380 e. The highest BCUT2D eigenvalue weighted by atomic mass is 35.5. The molecule has 21 heavy (non-hydrogen) atoms. The average molecular weight is 306 g/mol. The van der Waals surface area contributed by atoms with Gasteiger partial charge in [0, 0.05) is 28.7 Å². The molecule has 0 saturated carbocycles. The fourth-order valence-electron chi connectivity index (χ4n) is 4.55. The lowest BCUT2D eigenvalue weighted by molar-refractivity contribution is -0.126. The van der Waals surface area contributed by atoms with Crippen LogP contribution in [0.4, 0.5) is 5.69 Å². The largest absolute Gasteiger partial charge is 0.380 e. The molecular weight excluding hydrogens is 286 g/mol. The number of nitrogens with two attached hydrogens (primary N) is 1. The van der Waals surface area contributed by atoms with Gasteiger partial charge in [0.25, 0.3) is 0 Å². The number of piperidine rings is 2. The molecule has 5 heteroatoms. The molecule has 4 nitrogen and oxygen atoms in total. The first kappa shape index (κ1) is 13.4. The van der Waals surface area contributed by atoms with Gasteiger partial charge in [0.05, 0.1) is 5.92 Å². The van der Waals surface area contributed by atoms with Crippen molar-refractivity contribution in [1.82, 2.24) is 4.90 Å². The highest BCUT2D eigenvalue weighted by Crippen LogP contribution is 2.46. The molecule has 3 aliphatic rings. The Morgan fingerprint density at radius 1 is 1.33 bits per heavy atom. The van der Waals surface area contributed by atoms with Gasteiger partial charge in [-0.25, -0.2) is 0 Å². The van der Waals surface area contributed by atoms with E-state index in [1.165, 1.54) is 11.3 Å². The van der Waals surface area contributed by atoms with Crippen LogP contribution in [0.2, 0.25) is 5.02 Å². The van der Waals surface area contributed by atoms with Gasteiger partial charge in [0.15, 0.2) is 0 Å². The fourth-order valence-corrected chi connectivity index (χ4v) is 4.73. The zero-order valence-electron chi connectivity index (χ0n) is 11.9. The Morgan fingerprint density at radius 2 is 2.19 bits per heavy atom. The highest BCUT2D eigenvalue weighted by Gasteiger charge is 2.49. The summed E-state index contributed by atoms with van der Waals surface area (Å²) in [5, 5.41) is 4.43. The van der Waals surface area contributed by atoms with Crippen molar-refractivity contribution < 1.29 is 4.79 Å². The van der Waals surface area contributed by atoms with Crippen LogP contribution in [-0.2, 0) is 4.79 Å². The van der Waals surface area contributed by atoms with Crippen LogP contribution in [-0.4, -0.2) is 36.0 Å². The van der Waals surface area contributed by atoms with Gasteiger partial charge < -0.3 is 11.1 Å². The zero-order chi connectivity index (χ0) is 14.6. The number of primary amides is 1. The second-order valence-electron chi connectivity index (χ2n) is 6.47. The number of nitrogens with one attached hydrogen (secondary N) is 1. The Hall–Kier alpha value is -1.26. The summed E-state index contributed by atoms with van der Waals surface area (Å²) in [7, 11) is 0. The minimum atomic E-state index is -0.152. The molecule has 1 amide bonds. The molecule has 2 saturated heterocycles. The summed E-state index contributed by atoms with van der Waals surface area (Å²) in [6, 6.07) is 6.56. The van der Waals surface area contributed by atoms with Crippen molar-refractivity contribution in [2.75, 3.05) is 18.4 Å². The van der Waals surface area contributed by atoms with Crippen molar-refractivity contribution in [3.8, 4) is 0 Å². The van der Waals surface area contributed by atoms with E-state index in [2.05, 4.69) is 22.3 Å². The average Bonchev–Trinajstić information content (AvgIpc) is 2.84. The number of rotatable bonds is 1. The van der Waals surface area contributed by atoms with Crippen molar-refractivity contribution in [1.29, 1.82) is 0 Å². The first-order chi connectivity index (χ1) is 10.1. The van der Waals surface area contributed by atoms with Crippen molar-refractivity contribution >= 4 is 23.2 Å². The van der Waals surface area contributed by atoms with E-state index in [9.17, 15) is 4.79 Å². The zero-order valence-corrected chi connectivity index (χ0v) is 12.6. The van der Waals surface area contributed by atoms with Crippen LogP contribution in [0.3, 0.4) is 0 Å². The third kappa shape index (κ3) is 2.04. The Bertz CT molecular complexity index is 591. The number of carbonyl (C=O) groups excluding carboxylic acids is 1. The quantitative estimate of drug-likeness (QED) is 0.836. The van der Waals surface area contributed by atoms with Crippen LogP contribution in [0.5, 0.6) is 0 Å². The van der Waals surface area contributed by atoms with Gasteiger partial charge in [0.2, 0.25) is 5.91 Å². The molecule has 0 aliphatic carbocycles. The number of nitrogens with zero attached hydrogens (tertiary/aromatic N) is 1. The molecule has 2 fully saturated rings. The second-order valence-corrected chi connectivity index (χ2v) is 6.91. The lowest BCUT2D eigenvalue weighted by Gasteiger charge is -2.48. The summed E-state index contributed by atoms with van der Waals surface area (Å²) in [5.41, 5.74) is 8.15. The molecule has 0 spiro atoms. The van der Waals surface area contributed by atoms with E-state index in [-0.39, 0.29) is 23.9 Å². The fraction of sp³-hybridized carbons (Fsp3) is 0.562. The summed E-state index contributed by atoms with van der Waals surface area (Å²) in [6.45, 7) is 2.12. The maximum atomic E-state index is 11.9. The first-order valence-electron chi connectivity index (χ1n) is 7.74. The second kappa shape index (κ2) is 4.89. The van der Waals surface area contributed by atoms with Crippen LogP contribution in [0.1, 0.15) is 30.7 Å². The summed E-state index contributed by atoms with van der Waals surface area (Å²) >= 11 is 6.16. The Morgan fingerprint density at radius 3 is 3.00 bits per heavy atom. The van der Waals surface area contributed by atoms with Gasteiger partial charge in [0.1, 0.15) is 0 Å². The predicted octanol–water partition coefficient (Wildman–Crippen LogP) is 2.19. The van der Waals surface area contributed by atoms with Crippen molar-refractivity contribution in [2.45, 2.75) is 37.3 Å². The topological polar surface area (TPSA) is 58.4 Å². The molecule has 3 heterocycles. The third-order valence-electron chi connectivity index (χ3n) is 5.42. The third-order valence-corrected chi connectivity index (χ3v) is 5.66. The normalized spacial score (nSPS) is 34.5. The lowest BCUT2D eigenvalue weighted by Crippen LogP contribution is -2.60. The van der Waals surface area contributed by atoms with Gasteiger partial charge in [-0.1, -0.05) is 11.6 Å². The smallest absolute Gasteiger partial charge is 0.222 e. The summed E-state index contributed by atoms with van der Waals surface area (Å²) in [4.78, 5) is 14.3. The summed E-state index contributed by atoms with van der Waals surface area (Å²) in [6.07, 6.45) is 3.10. The van der Waals surface area contributed by atoms with Crippen molar-refractivity contribution in [3.63, 3.8) is 0 Å². The number of carbonyl (C=O) groups is 1. The van der Waals surface area contributed by atoms with Crippen LogP contribution >= 0.6 is 11.6 Å². The van der Waals surface area contributed by atoms with Gasteiger partial charge in [-0.15, -0.1) is 0 Å². The number of benzene rings is 1. The van der Waals surface area contributed by atoms with Crippen LogP contribution < -0.4 is 11.1 Å². The molecule has 112 valence electrons. The Balaban J connectivity index is 1.70. The number of hydrogen-bond acceptors (Lipinski definition) is 3.